The summed E-state index contributed by atoms with van der Waals surface area (Å²) in [6, 6.07) is 10.3. The van der Waals surface area contributed by atoms with Crippen LogP contribution in [0, 0.1) is 11.3 Å². The predicted molar refractivity (Wildman–Crippen MR) is 114 cm³/mol. The van der Waals surface area contributed by atoms with E-state index in [2.05, 4.69) is 11.4 Å². The molecule has 1 atom stereocenters. The molecule has 0 radical (unpaired) electrons. The molecule has 5 nitrogen and oxygen atoms in total. The first-order chi connectivity index (χ1) is 13.8. The minimum absolute atomic E-state index is 0.0428. The Morgan fingerprint density at radius 1 is 1.31 bits per heavy atom. The van der Waals surface area contributed by atoms with E-state index in [0.717, 1.165) is 0 Å². The van der Waals surface area contributed by atoms with Crippen LogP contribution in [0.1, 0.15) is 35.9 Å². The van der Waals surface area contributed by atoms with E-state index in [1.54, 1.807) is 31.2 Å². The second kappa shape index (κ2) is 8.91. The molecule has 29 heavy (non-hydrogen) atoms. The predicted octanol–water partition coefficient (Wildman–Crippen LogP) is 5.49. The average molecular weight is 447 g/mol. The van der Waals surface area contributed by atoms with Gasteiger partial charge in [-0.25, -0.2) is 0 Å². The number of Topliss-reactive ketones (excluding diaryl/α,β-unsaturated/α-hetero) is 2. The van der Waals surface area contributed by atoms with Crippen molar-refractivity contribution in [3.05, 3.63) is 79.8 Å². The molecular weight excluding hydrogens is 431 g/mol. The third kappa shape index (κ3) is 4.43. The first-order valence-corrected chi connectivity index (χ1v) is 10.3. The zero-order chi connectivity index (χ0) is 21.1. The molecule has 0 bridgehead atoms. The molecule has 2 heterocycles. The SMILES string of the molecule is CC(=O)C1=C(C)NC(SCC(=O)c2cc(Cl)ccc2Cl)=C(C#N)[C@@H]1c1ccco1. The summed E-state index contributed by atoms with van der Waals surface area (Å²) in [6.07, 6.45) is 1.50. The smallest absolute Gasteiger partial charge is 0.174 e. The molecule has 148 valence electrons. The van der Waals surface area contributed by atoms with E-state index in [1.165, 1.54) is 31.0 Å². The van der Waals surface area contributed by atoms with Crippen molar-refractivity contribution in [1.29, 1.82) is 5.26 Å². The maximum absolute atomic E-state index is 12.6. The standard InChI is InChI=1S/C21H16Cl2N2O3S/c1-11-19(12(2)26)20(18-4-3-7-28-18)15(9-24)21(25-11)29-10-17(27)14-8-13(22)5-6-16(14)23/h3-8,20,25H,10H2,1-2H3/t20-/m1/s1. The number of furan rings is 1. The van der Waals surface area contributed by atoms with Crippen molar-refractivity contribution >= 4 is 46.5 Å². The minimum atomic E-state index is -0.624. The summed E-state index contributed by atoms with van der Waals surface area (Å²) in [5, 5.41) is 14.2. The van der Waals surface area contributed by atoms with Crippen molar-refractivity contribution in [1.82, 2.24) is 5.32 Å². The molecule has 0 unspecified atom stereocenters. The molecule has 0 aliphatic carbocycles. The summed E-state index contributed by atoms with van der Waals surface area (Å²) in [7, 11) is 0. The van der Waals surface area contributed by atoms with Gasteiger partial charge in [-0.15, -0.1) is 0 Å². The zero-order valence-corrected chi connectivity index (χ0v) is 17.9. The van der Waals surface area contributed by atoms with Crippen molar-refractivity contribution in [2.75, 3.05) is 5.75 Å². The van der Waals surface area contributed by atoms with Crippen LogP contribution in [-0.4, -0.2) is 17.3 Å². The first-order valence-electron chi connectivity index (χ1n) is 8.61. The molecule has 2 aromatic rings. The van der Waals surface area contributed by atoms with Gasteiger partial charge in [-0.05, 0) is 44.2 Å². The number of nitrogens with one attached hydrogen (secondary N) is 1. The number of carbonyl (C=O) groups excluding carboxylic acids is 2. The lowest BCUT2D eigenvalue weighted by atomic mass is 9.84. The lowest BCUT2D eigenvalue weighted by molar-refractivity contribution is -0.113. The topological polar surface area (TPSA) is 83.1 Å². The fraction of sp³-hybridized carbons (Fsp3) is 0.190. The molecule has 0 spiro atoms. The Hall–Kier alpha value is -2.46. The van der Waals surface area contributed by atoms with E-state index < -0.39 is 5.92 Å². The molecule has 1 N–H and O–H groups in total. The number of dihydropyridines is 1. The number of ketones is 2. The van der Waals surface area contributed by atoms with Gasteiger partial charge in [0.15, 0.2) is 11.6 Å². The molecule has 0 saturated carbocycles. The van der Waals surface area contributed by atoms with E-state index in [9.17, 15) is 14.9 Å². The summed E-state index contributed by atoms with van der Waals surface area (Å²) in [5.74, 6) is -0.463. The summed E-state index contributed by atoms with van der Waals surface area (Å²) < 4.78 is 5.50. The molecule has 1 aliphatic heterocycles. The molecule has 8 heteroatoms. The van der Waals surface area contributed by atoms with Gasteiger partial charge in [0.05, 0.1) is 39.6 Å². The summed E-state index contributed by atoms with van der Waals surface area (Å²) in [4.78, 5) is 24.9. The maximum Gasteiger partial charge on any atom is 0.174 e. The van der Waals surface area contributed by atoms with Gasteiger partial charge < -0.3 is 9.73 Å². The van der Waals surface area contributed by atoms with Crippen LogP contribution in [0.5, 0.6) is 0 Å². The number of benzene rings is 1. The molecule has 1 aromatic carbocycles. The molecule has 0 saturated heterocycles. The Morgan fingerprint density at radius 2 is 2.07 bits per heavy atom. The highest BCUT2D eigenvalue weighted by molar-refractivity contribution is 8.03. The van der Waals surface area contributed by atoms with Crippen molar-refractivity contribution < 1.29 is 14.0 Å². The van der Waals surface area contributed by atoms with Gasteiger partial charge in [-0.3, -0.25) is 9.59 Å². The highest BCUT2D eigenvalue weighted by Gasteiger charge is 2.35. The van der Waals surface area contributed by atoms with Gasteiger partial charge >= 0.3 is 0 Å². The van der Waals surface area contributed by atoms with Crippen LogP contribution < -0.4 is 5.32 Å². The van der Waals surface area contributed by atoms with Crippen molar-refractivity contribution in [3.8, 4) is 6.07 Å². The van der Waals surface area contributed by atoms with Gasteiger partial charge in [0, 0.05) is 21.9 Å². The van der Waals surface area contributed by atoms with Gasteiger partial charge in [0.2, 0.25) is 0 Å². The third-order valence-electron chi connectivity index (χ3n) is 4.43. The van der Waals surface area contributed by atoms with E-state index in [4.69, 9.17) is 27.6 Å². The minimum Gasteiger partial charge on any atom is -0.468 e. The number of carbonyl (C=O) groups is 2. The molecular formula is C21H16Cl2N2O3S. The molecule has 0 amide bonds. The van der Waals surface area contributed by atoms with E-state index in [1.807, 2.05) is 0 Å². The number of allylic oxidation sites excluding steroid dienone is 3. The lowest BCUT2D eigenvalue weighted by Gasteiger charge is -2.27. The molecule has 3 rings (SSSR count). The number of nitriles is 1. The number of rotatable bonds is 6. The van der Waals surface area contributed by atoms with Gasteiger partial charge in [-0.1, -0.05) is 35.0 Å². The normalized spacial score (nSPS) is 16.4. The summed E-state index contributed by atoms with van der Waals surface area (Å²) in [6.45, 7) is 3.21. The van der Waals surface area contributed by atoms with Crippen LogP contribution in [0.4, 0.5) is 0 Å². The van der Waals surface area contributed by atoms with E-state index in [-0.39, 0.29) is 17.3 Å². The maximum atomic E-state index is 12.6. The highest BCUT2D eigenvalue weighted by Crippen LogP contribution is 2.41. The number of hydrogen-bond donors (Lipinski definition) is 1. The Balaban J connectivity index is 1.93. The highest BCUT2D eigenvalue weighted by atomic mass is 35.5. The average Bonchev–Trinajstić information content (AvgIpc) is 3.21. The van der Waals surface area contributed by atoms with Crippen molar-refractivity contribution in [2.45, 2.75) is 19.8 Å². The number of nitrogens with zero attached hydrogens (tertiary/aromatic N) is 1. The number of halogens is 2. The van der Waals surface area contributed by atoms with Crippen LogP contribution >= 0.6 is 35.0 Å². The first kappa shape index (κ1) is 21.3. The second-order valence-electron chi connectivity index (χ2n) is 6.36. The Bertz CT molecular complexity index is 1080. The number of thioether (sulfide) groups is 1. The fourth-order valence-corrected chi connectivity index (χ4v) is 4.53. The van der Waals surface area contributed by atoms with Gasteiger partial charge in [0.1, 0.15) is 5.76 Å². The van der Waals surface area contributed by atoms with Crippen molar-refractivity contribution in [3.63, 3.8) is 0 Å². The fourth-order valence-electron chi connectivity index (χ4n) is 3.16. The monoisotopic (exact) mass is 446 g/mol. The molecule has 1 aliphatic rings. The van der Waals surface area contributed by atoms with E-state index >= 15 is 0 Å². The van der Waals surface area contributed by atoms with Crippen LogP contribution in [0.15, 0.2) is 62.9 Å². The van der Waals surface area contributed by atoms with Crippen LogP contribution in [0.2, 0.25) is 10.0 Å². The number of hydrogen-bond acceptors (Lipinski definition) is 6. The molecule has 1 aromatic heterocycles. The third-order valence-corrected chi connectivity index (χ3v) is 6.01. The van der Waals surface area contributed by atoms with Gasteiger partial charge in [-0.2, -0.15) is 5.26 Å². The quantitative estimate of drug-likeness (QED) is 0.590. The van der Waals surface area contributed by atoms with Crippen LogP contribution in [0.25, 0.3) is 0 Å². The van der Waals surface area contributed by atoms with Crippen LogP contribution in [0.3, 0.4) is 0 Å². The lowest BCUT2D eigenvalue weighted by Crippen LogP contribution is -2.27. The Morgan fingerprint density at radius 3 is 2.69 bits per heavy atom. The Kier molecular flexibility index (Phi) is 6.53. The van der Waals surface area contributed by atoms with E-state index in [0.29, 0.717) is 43.2 Å². The largest absolute Gasteiger partial charge is 0.468 e. The zero-order valence-electron chi connectivity index (χ0n) is 15.6. The summed E-state index contributed by atoms with van der Waals surface area (Å²) in [5.41, 5.74) is 1.73. The van der Waals surface area contributed by atoms with Crippen LogP contribution in [-0.2, 0) is 4.79 Å². The van der Waals surface area contributed by atoms with Gasteiger partial charge in [0.25, 0.3) is 0 Å². The van der Waals surface area contributed by atoms with Crippen molar-refractivity contribution in [2.24, 2.45) is 0 Å². The molecule has 0 fully saturated rings. The second-order valence-corrected chi connectivity index (χ2v) is 8.19. The summed E-state index contributed by atoms with van der Waals surface area (Å²) >= 11 is 13.2. The Labute approximate surface area is 182 Å².